The van der Waals surface area contributed by atoms with Crippen LogP contribution in [0.5, 0.6) is 0 Å². The zero-order chi connectivity index (χ0) is 15.4. The summed E-state index contributed by atoms with van der Waals surface area (Å²) in [4.78, 5) is 0. The maximum Gasteiger partial charge on any atom is 0.180 e. The predicted molar refractivity (Wildman–Crippen MR) is 98.8 cm³/mol. The Morgan fingerprint density at radius 2 is 0.783 bits per heavy atom. The first-order valence-corrected chi connectivity index (χ1v) is 9.24. The second-order valence-electron chi connectivity index (χ2n) is 5.49. The van der Waals surface area contributed by atoms with Gasteiger partial charge in [0.05, 0.1) is 0 Å². The Labute approximate surface area is 145 Å². The van der Waals surface area contributed by atoms with E-state index in [9.17, 15) is 0 Å². The van der Waals surface area contributed by atoms with Crippen molar-refractivity contribution in [2.45, 2.75) is 0 Å². The minimum absolute atomic E-state index is 0. The lowest BCUT2D eigenvalue weighted by Gasteiger charge is -2.32. The minimum Gasteiger partial charge on any atom is -1.00 e. The summed E-state index contributed by atoms with van der Waals surface area (Å²) in [6.45, 7) is 0. The van der Waals surface area contributed by atoms with Gasteiger partial charge in [0.25, 0.3) is 0 Å². The number of nitrogens with zero attached hydrogens (tertiary/aromatic N) is 1. The molecule has 0 N–H and O–H groups in total. The van der Waals surface area contributed by atoms with Crippen LogP contribution >= 0.6 is 7.41 Å². The number of rotatable bonds is 4. The first-order valence-electron chi connectivity index (χ1n) is 7.50. The molecule has 0 aliphatic carbocycles. The Balaban J connectivity index is 0.00000192. The molecule has 0 saturated heterocycles. The van der Waals surface area contributed by atoms with Crippen LogP contribution in [0.4, 0.5) is 0 Å². The van der Waals surface area contributed by atoms with Crippen molar-refractivity contribution in [1.29, 1.82) is 0 Å². The van der Waals surface area contributed by atoms with Crippen LogP contribution in [0.2, 0.25) is 0 Å². The molecule has 0 aromatic heterocycles. The molecule has 3 rings (SSSR count). The number of hydrogen-bond donors (Lipinski definition) is 0. The molecule has 3 aromatic carbocycles. The zero-order valence-electron chi connectivity index (χ0n) is 13.4. The summed E-state index contributed by atoms with van der Waals surface area (Å²) in [5, 5.41) is 4.16. The molecule has 0 heterocycles. The van der Waals surface area contributed by atoms with Gasteiger partial charge >= 0.3 is 0 Å². The Hall–Kier alpha value is -1.66. The topological polar surface area (TPSA) is 3.24 Å². The van der Waals surface area contributed by atoms with Crippen molar-refractivity contribution in [3.63, 3.8) is 0 Å². The van der Waals surface area contributed by atoms with Gasteiger partial charge in [-0.25, -0.2) is 0 Å². The highest BCUT2D eigenvalue weighted by Gasteiger charge is 2.48. The third-order valence-corrected chi connectivity index (χ3v) is 8.33. The summed E-state index contributed by atoms with van der Waals surface area (Å²) in [6.07, 6.45) is 0. The number of halogens is 1. The van der Waals surface area contributed by atoms with Gasteiger partial charge in [-0.05, 0) is 36.4 Å². The molecule has 0 saturated carbocycles. The average Bonchev–Trinajstić information content (AvgIpc) is 2.58. The first kappa shape index (κ1) is 17.7. The van der Waals surface area contributed by atoms with Gasteiger partial charge in [-0.3, -0.25) is 0 Å². The summed E-state index contributed by atoms with van der Waals surface area (Å²) in [5.41, 5.74) is 0. The smallest absolute Gasteiger partial charge is 0.180 e. The van der Waals surface area contributed by atoms with E-state index in [4.69, 9.17) is 0 Å². The molecule has 0 aliphatic rings. The fourth-order valence-electron chi connectivity index (χ4n) is 3.07. The summed E-state index contributed by atoms with van der Waals surface area (Å²) in [5.74, 6) is 0. The van der Waals surface area contributed by atoms with Crippen molar-refractivity contribution in [2.75, 3.05) is 14.1 Å². The van der Waals surface area contributed by atoms with Crippen LogP contribution in [0, 0.1) is 0 Å². The molecular formula is C20H21ClNP. The molecule has 0 atom stereocenters. The Morgan fingerprint density at radius 1 is 0.522 bits per heavy atom. The van der Waals surface area contributed by atoms with Crippen LogP contribution in [0.1, 0.15) is 0 Å². The van der Waals surface area contributed by atoms with Crippen molar-refractivity contribution >= 4 is 23.3 Å². The molecule has 0 unspecified atom stereocenters. The van der Waals surface area contributed by atoms with Crippen LogP contribution < -0.4 is 28.3 Å². The lowest BCUT2D eigenvalue weighted by molar-refractivity contribution is -0.00000434. The second-order valence-corrected chi connectivity index (χ2v) is 9.11. The van der Waals surface area contributed by atoms with E-state index in [1.54, 1.807) is 0 Å². The quantitative estimate of drug-likeness (QED) is 0.623. The highest BCUT2D eigenvalue weighted by atomic mass is 35.5. The van der Waals surface area contributed by atoms with Crippen molar-refractivity contribution in [2.24, 2.45) is 0 Å². The SMILES string of the molecule is CN(C)[P+](c1ccccc1)(c1ccccc1)c1ccccc1.[Cl-]. The Bertz CT molecular complexity index is 618. The molecule has 3 heteroatoms. The van der Waals surface area contributed by atoms with Gasteiger partial charge in [0.15, 0.2) is 7.41 Å². The third kappa shape index (κ3) is 3.19. The lowest BCUT2D eigenvalue weighted by Crippen LogP contribution is -3.00. The molecular weight excluding hydrogens is 321 g/mol. The maximum atomic E-state index is 2.41. The summed E-state index contributed by atoms with van der Waals surface area (Å²) in [7, 11) is 2.60. The number of hydrogen-bond acceptors (Lipinski definition) is 1. The highest BCUT2D eigenvalue weighted by Crippen LogP contribution is 2.56. The number of benzene rings is 3. The molecule has 1 nitrogen and oxygen atoms in total. The lowest BCUT2D eigenvalue weighted by atomic mass is 10.4. The summed E-state index contributed by atoms with van der Waals surface area (Å²) < 4.78 is 2.41. The van der Waals surface area contributed by atoms with E-state index in [2.05, 4.69) is 110 Å². The van der Waals surface area contributed by atoms with E-state index in [1.807, 2.05) is 0 Å². The molecule has 0 bridgehead atoms. The molecule has 0 fully saturated rings. The average molecular weight is 342 g/mol. The van der Waals surface area contributed by atoms with E-state index in [0.717, 1.165) is 0 Å². The molecule has 0 radical (unpaired) electrons. The van der Waals surface area contributed by atoms with E-state index >= 15 is 0 Å². The van der Waals surface area contributed by atoms with Crippen LogP contribution in [0.15, 0.2) is 91.0 Å². The molecule has 0 aliphatic heterocycles. The summed E-state index contributed by atoms with van der Waals surface area (Å²) in [6, 6.07) is 32.6. The van der Waals surface area contributed by atoms with E-state index in [1.165, 1.54) is 15.9 Å². The van der Waals surface area contributed by atoms with Gasteiger partial charge in [-0.15, -0.1) is 0 Å². The monoisotopic (exact) mass is 341 g/mol. The molecule has 118 valence electrons. The van der Waals surface area contributed by atoms with Gasteiger partial charge in [0, 0.05) is 14.1 Å². The second kappa shape index (κ2) is 7.75. The summed E-state index contributed by atoms with van der Waals surface area (Å²) >= 11 is 0. The van der Waals surface area contributed by atoms with E-state index < -0.39 is 7.41 Å². The van der Waals surface area contributed by atoms with Gasteiger partial charge < -0.3 is 12.4 Å². The fraction of sp³-hybridized carbons (Fsp3) is 0.100. The van der Waals surface area contributed by atoms with Gasteiger partial charge in [0.2, 0.25) is 0 Å². The van der Waals surface area contributed by atoms with Crippen LogP contribution in [0.25, 0.3) is 0 Å². The molecule has 0 amide bonds. The van der Waals surface area contributed by atoms with Gasteiger partial charge in [0.1, 0.15) is 15.9 Å². The molecule has 3 aromatic rings. The predicted octanol–water partition coefficient (Wildman–Crippen LogP) is 0.461. The maximum absolute atomic E-state index is 2.41. The van der Waals surface area contributed by atoms with E-state index in [0.29, 0.717) is 0 Å². The van der Waals surface area contributed by atoms with Gasteiger partial charge in [-0.1, -0.05) is 54.6 Å². The largest absolute Gasteiger partial charge is 1.00 e. The van der Waals surface area contributed by atoms with Crippen LogP contribution in [-0.2, 0) is 0 Å². The van der Waals surface area contributed by atoms with Crippen LogP contribution in [-0.4, -0.2) is 18.8 Å². The standard InChI is InChI=1S/C20H21NP.ClH/c1-21(2)22(18-12-6-3-7-13-18,19-14-8-4-9-15-19)20-16-10-5-11-17-20;/h3-17H,1-2H3;1H/q+1;/p-1. The zero-order valence-corrected chi connectivity index (χ0v) is 15.1. The van der Waals surface area contributed by atoms with Crippen molar-refractivity contribution in [1.82, 2.24) is 4.67 Å². The fourth-order valence-corrected chi connectivity index (χ4v) is 7.16. The minimum atomic E-state index is -1.79. The van der Waals surface area contributed by atoms with Crippen molar-refractivity contribution in [3.8, 4) is 0 Å². The third-order valence-electron chi connectivity index (χ3n) is 3.99. The highest BCUT2D eigenvalue weighted by molar-refractivity contribution is 7.93. The van der Waals surface area contributed by atoms with Crippen molar-refractivity contribution < 1.29 is 12.4 Å². The normalized spacial score (nSPS) is 11.1. The van der Waals surface area contributed by atoms with Crippen LogP contribution in [0.3, 0.4) is 0 Å². The first-order chi connectivity index (χ1) is 10.8. The van der Waals surface area contributed by atoms with E-state index in [-0.39, 0.29) is 12.4 Å². The van der Waals surface area contributed by atoms with Crippen molar-refractivity contribution in [3.05, 3.63) is 91.0 Å². The van der Waals surface area contributed by atoms with Gasteiger partial charge in [-0.2, -0.15) is 4.67 Å². The Kier molecular flexibility index (Phi) is 5.96. The Morgan fingerprint density at radius 3 is 1.00 bits per heavy atom. The molecule has 0 spiro atoms. The molecule has 23 heavy (non-hydrogen) atoms.